The second-order valence-electron chi connectivity index (χ2n) is 4.00. The summed E-state index contributed by atoms with van der Waals surface area (Å²) in [5.41, 5.74) is 0.315. The van der Waals surface area contributed by atoms with Crippen LogP contribution in [0, 0.1) is 0 Å². The van der Waals surface area contributed by atoms with E-state index in [1.54, 1.807) is 18.2 Å². The molecule has 108 valence electrons. The van der Waals surface area contributed by atoms with E-state index >= 15 is 0 Å². The zero-order valence-corrected chi connectivity index (χ0v) is 12.1. The summed E-state index contributed by atoms with van der Waals surface area (Å²) in [4.78, 5) is 24.0. The molecule has 0 fully saturated rings. The van der Waals surface area contributed by atoms with E-state index in [0.717, 1.165) is 0 Å². The van der Waals surface area contributed by atoms with Gasteiger partial charge < -0.3 is 10.4 Å². The minimum Gasteiger partial charge on any atom is -0.480 e. The van der Waals surface area contributed by atoms with E-state index in [9.17, 15) is 9.59 Å². The van der Waals surface area contributed by atoms with Crippen LogP contribution in [0.25, 0.3) is 0 Å². The van der Waals surface area contributed by atoms with Crippen molar-refractivity contribution >= 4 is 40.8 Å². The van der Waals surface area contributed by atoms with E-state index in [1.807, 2.05) is 0 Å². The second kappa shape index (κ2) is 7.89. The minimum atomic E-state index is -1.02. The fraction of sp³-hybridized carbons (Fsp3) is 0.231. The predicted molar refractivity (Wildman–Crippen MR) is 79.4 cm³/mol. The molecule has 5 nitrogen and oxygen atoms in total. The van der Waals surface area contributed by atoms with Crippen LogP contribution in [0.2, 0.25) is 10.0 Å². The molecule has 0 bridgehead atoms. The van der Waals surface area contributed by atoms with Crippen LogP contribution in [0.1, 0.15) is 0 Å². The maximum atomic E-state index is 11.9. The Bertz CT molecular complexity index is 500. The second-order valence-corrected chi connectivity index (χ2v) is 4.81. The molecule has 7 heteroatoms. The number of carbonyl (C=O) groups is 2. The molecular weight excluding hydrogens is 303 g/mol. The summed E-state index contributed by atoms with van der Waals surface area (Å²) >= 11 is 11.9. The van der Waals surface area contributed by atoms with Gasteiger partial charge in [0.2, 0.25) is 5.91 Å². The number of hydrogen-bond donors (Lipinski definition) is 2. The Kier molecular flexibility index (Phi) is 6.51. The van der Waals surface area contributed by atoms with Crippen LogP contribution < -0.4 is 5.32 Å². The quantitative estimate of drug-likeness (QED) is 0.758. The lowest BCUT2D eigenvalue weighted by atomic mass is 10.3. The van der Waals surface area contributed by atoms with Gasteiger partial charge in [-0.15, -0.1) is 6.58 Å². The standard InChI is InChI=1S/C13H14Cl2N2O3/c1-2-6-17(8-12(19)20)7-11(18)16-13-9(14)4-3-5-10(13)15/h2-5H,1,6-8H2,(H,16,18)(H,19,20). The van der Waals surface area contributed by atoms with Gasteiger partial charge >= 0.3 is 5.97 Å². The Morgan fingerprint density at radius 1 is 1.30 bits per heavy atom. The Morgan fingerprint density at radius 2 is 1.90 bits per heavy atom. The number of carboxylic acid groups (broad SMARTS) is 1. The van der Waals surface area contributed by atoms with Crippen LogP contribution in [0.4, 0.5) is 5.69 Å². The molecule has 0 aliphatic carbocycles. The van der Waals surface area contributed by atoms with E-state index < -0.39 is 11.9 Å². The average molecular weight is 317 g/mol. The normalized spacial score (nSPS) is 10.3. The zero-order chi connectivity index (χ0) is 15.1. The predicted octanol–water partition coefficient (Wildman–Crippen LogP) is 2.50. The van der Waals surface area contributed by atoms with Gasteiger partial charge in [0, 0.05) is 6.54 Å². The van der Waals surface area contributed by atoms with Crippen molar-refractivity contribution in [2.75, 3.05) is 25.0 Å². The van der Waals surface area contributed by atoms with E-state index in [4.69, 9.17) is 28.3 Å². The van der Waals surface area contributed by atoms with Gasteiger partial charge in [-0.3, -0.25) is 14.5 Å². The van der Waals surface area contributed by atoms with Crippen LogP contribution in [0.15, 0.2) is 30.9 Å². The Morgan fingerprint density at radius 3 is 2.40 bits per heavy atom. The highest BCUT2D eigenvalue weighted by Gasteiger charge is 2.15. The van der Waals surface area contributed by atoms with E-state index in [2.05, 4.69) is 11.9 Å². The number of halogens is 2. The fourth-order valence-electron chi connectivity index (χ4n) is 1.56. The molecular formula is C13H14Cl2N2O3. The summed E-state index contributed by atoms with van der Waals surface area (Å²) < 4.78 is 0. The molecule has 0 aliphatic heterocycles. The number of nitrogens with one attached hydrogen (secondary N) is 1. The molecule has 0 unspecified atom stereocenters. The smallest absolute Gasteiger partial charge is 0.317 e. The molecule has 1 aromatic carbocycles. The van der Waals surface area contributed by atoms with Gasteiger partial charge in [-0.2, -0.15) is 0 Å². The first kappa shape index (κ1) is 16.5. The molecule has 0 aliphatic rings. The maximum Gasteiger partial charge on any atom is 0.317 e. The molecule has 2 N–H and O–H groups in total. The number of carboxylic acids is 1. The van der Waals surface area contributed by atoms with Crippen LogP contribution in [-0.4, -0.2) is 41.5 Å². The van der Waals surface area contributed by atoms with Gasteiger partial charge in [-0.05, 0) is 12.1 Å². The number of carbonyl (C=O) groups excluding carboxylic acids is 1. The molecule has 20 heavy (non-hydrogen) atoms. The van der Waals surface area contributed by atoms with Crippen molar-refractivity contribution in [1.29, 1.82) is 0 Å². The number of amides is 1. The van der Waals surface area contributed by atoms with Crippen molar-refractivity contribution < 1.29 is 14.7 Å². The number of benzene rings is 1. The molecule has 0 spiro atoms. The minimum absolute atomic E-state index is 0.0973. The van der Waals surface area contributed by atoms with Crippen molar-refractivity contribution in [1.82, 2.24) is 4.90 Å². The molecule has 0 aromatic heterocycles. The van der Waals surface area contributed by atoms with Gasteiger partial charge in [-0.25, -0.2) is 0 Å². The summed E-state index contributed by atoms with van der Waals surface area (Å²) in [6.45, 7) is 3.45. The lowest BCUT2D eigenvalue weighted by molar-refractivity contribution is -0.138. The zero-order valence-electron chi connectivity index (χ0n) is 10.6. The highest BCUT2D eigenvalue weighted by molar-refractivity contribution is 6.39. The number of rotatable bonds is 7. The first-order chi connectivity index (χ1) is 9.43. The average Bonchev–Trinajstić information content (AvgIpc) is 2.33. The van der Waals surface area contributed by atoms with Crippen LogP contribution in [0.3, 0.4) is 0 Å². The molecule has 0 atom stereocenters. The summed E-state index contributed by atoms with van der Waals surface area (Å²) in [7, 11) is 0. The summed E-state index contributed by atoms with van der Waals surface area (Å²) in [5, 5.41) is 12.0. The van der Waals surface area contributed by atoms with Crippen molar-refractivity contribution in [3.05, 3.63) is 40.9 Å². The molecule has 0 saturated heterocycles. The number of para-hydroxylation sites is 1. The van der Waals surface area contributed by atoms with Gasteiger partial charge in [-0.1, -0.05) is 35.3 Å². The monoisotopic (exact) mass is 316 g/mol. The van der Waals surface area contributed by atoms with E-state index in [0.29, 0.717) is 15.7 Å². The number of anilines is 1. The molecule has 0 radical (unpaired) electrons. The number of nitrogens with zero attached hydrogens (tertiary/aromatic N) is 1. The van der Waals surface area contributed by atoms with Crippen molar-refractivity contribution in [2.24, 2.45) is 0 Å². The number of hydrogen-bond acceptors (Lipinski definition) is 3. The third-order valence-electron chi connectivity index (χ3n) is 2.34. The summed E-state index contributed by atoms with van der Waals surface area (Å²) in [6, 6.07) is 4.86. The third-order valence-corrected chi connectivity index (χ3v) is 2.97. The lowest BCUT2D eigenvalue weighted by Crippen LogP contribution is -2.37. The lowest BCUT2D eigenvalue weighted by Gasteiger charge is -2.18. The van der Waals surface area contributed by atoms with Crippen LogP contribution >= 0.6 is 23.2 Å². The maximum absolute atomic E-state index is 11.9. The first-order valence-electron chi connectivity index (χ1n) is 5.73. The SMILES string of the molecule is C=CCN(CC(=O)O)CC(=O)Nc1c(Cl)cccc1Cl. The van der Waals surface area contributed by atoms with Crippen molar-refractivity contribution in [3.8, 4) is 0 Å². The number of aliphatic carboxylic acids is 1. The van der Waals surface area contributed by atoms with Crippen molar-refractivity contribution in [2.45, 2.75) is 0 Å². The molecule has 1 rings (SSSR count). The van der Waals surface area contributed by atoms with Gasteiger partial charge in [0.05, 0.1) is 28.8 Å². The third kappa shape index (κ3) is 5.21. The topological polar surface area (TPSA) is 69.6 Å². The Balaban J connectivity index is 2.70. The van der Waals surface area contributed by atoms with Crippen LogP contribution in [0.5, 0.6) is 0 Å². The van der Waals surface area contributed by atoms with Gasteiger partial charge in [0.15, 0.2) is 0 Å². The fourth-order valence-corrected chi connectivity index (χ4v) is 2.05. The van der Waals surface area contributed by atoms with E-state index in [1.165, 1.54) is 11.0 Å². The molecule has 0 saturated carbocycles. The Labute approximate surface area is 126 Å². The first-order valence-corrected chi connectivity index (χ1v) is 6.48. The van der Waals surface area contributed by atoms with Gasteiger partial charge in [0.1, 0.15) is 0 Å². The highest BCUT2D eigenvalue weighted by atomic mass is 35.5. The van der Waals surface area contributed by atoms with Gasteiger partial charge in [0.25, 0.3) is 0 Å². The molecule has 0 heterocycles. The van der Waals surface area contributed by atoms with E-state index in [-0.39, 0.29) is 19.6 Å². The summed E-state index contributed by atoms with van der Waals surface area (Å²) in [6.07, 6.45) is 1.53. The highest BCUT2D eigenvalue weighted by Crippen LogP contribution is 2.29. The largest absolute Gasteiger partial charge is 0.480 e. The molecule has 1 aromatic rings. The molecule has 1 amide bonds. The summed E-state index contributed by atoms with van der Waals surface area (Å²) in [5.74, 6) is -1.42. The van der Waals surface area contributed by atoms with Crippen LogP contribution in [-0.2, 0) is 9.59 Å². The Hall–Kier alpha value is -1.56. The van der Waals surface area contributed by atoms with Crippen molar-refractivity contribution in [3.63, 3.8) is 0 Å².